The minimum Gasteiger partial charge on any atom is -0.385 e. The van der Waals surface area contributed by atoms with Crippen LogP contribution in [0.15, 0.2) is 29.3 Å². The highest BCUT2D eigenvalue weighted by atomic mass is 127. The van der Waals surface area contributed by atoms with Crippen molar-refractivity contribution in [2.45, 2.75) is 31.4 Å². The molecule has 1 aliphatic heterocycles. The molecule has 1 heterocycles. The summed E-state index contributed by atoms with van der Waals surface area (Å²) in [7, 11) is 5.18. The summed E-state index contributed by atoms with van der Waals surface area (Å²) in [5.41, 5.74) is 0.936. The predicted molar refractivity (Wildman–Crippen MR) is 122 cm³/mol. The average Bonchev–Trinajstić information content (AvgIpc) is 2.70. The Morgan fingerprint density at radius 2 is 1.93 bits per heavy atom. The molecule has 0 amide bonds. The van der Waals surface area contributed by atoms with Crippen LogP contribution in [0.25, 0.3) is 0 Å². The van der Waals surface area contributed by atoms with E-state index in [0.29, 0.717) is 12.6 Å². The second-order valence-corrected chi connectivity index (χ2v) is 6.84. The van der Waals surface area contributed by atoms with E-state index in [9.17, 15) is 4.39 Å². The van der Waals surface area contributed by atoms with Gasteiger partial charge in [-0.3, -0.25) is 4.99 Å². The van der Waals surface area contributed by atoms with Crippen molar-refractivity contribution in [2.24, 2.45) is 4.99 Å². The summed E-state index contributed by atoms with van der Waals surface area (Å²) < 4.78 is 23.8. The molecule has 1 fully saturated rings. The van der Waals surface area contributed by atoms with E-state index in [2.05, 4.69) is 20.5 Å². The number of piperidine rings is 1. The molecule has 160 valence electrons. The van der Waals surface area contributed by atoms with Gasteiger partial charge in [-0.1, -0.05) is 12.1 Å². The maximum Gasteiger partial charge on any atom is 0.191 e. The third-order valence-corrected chi connectivity index (χ3v) is 4.96. The molecule has 1 aromatic carbocycles. The Labute approximate surface area is 185 Å². The van der Waals surface area contributed by atoms with Crippen LogP contribution in [-0.4, -0.2) is 71.0 Å². The Morgan fingerprint density at radius 3 is 2.50 bits per heavy atom. The molecule has 0 aromatic heterocycles. The van der Waals surface area contributed by atoms with Gasteiger partial charge >= 0.3 is 0 Å². The lowest BCUT2D eigenvalue weighted by molar-refractivity contribution is 0.106. The van der Waals surface area contributed by atoms with Crippen LogP contribution in [0.2, 0.25) is 0 Å². The number of hydrogen-bond acceptors (Lipinski definition) is 4. The van der Waals surface area contributed by atoms with Gasteiger partial charge in [-0.25, -0.2) is 4.39 Å². The second-order valence-electron chi connectivity index (χ2n) is 6.84. The van der Waals surface area contributed by atoms with Crippen molar-refractivity contribution in [3.8, 4) is 0 Å². The molecule has 2 rings (SSSR count). The molecule has 0 aliphatic carbocycles. The zero-order valence-electron chi connectivity index (χ0n) is 17.1. The highest BCUT2D eigenvalue weighted by Gasteiger charge is 2.20. The van der Waals surface area contributed by atoms with E-state index in [-0.39, 0.29) is 35.9 Å². The topological polar surface area (TPSA) is 58.1 Å². The largest absolute Gasteiger partial charge is 0.385 e. The highest BCUT2D eigenvalue weighted by Crippen LogP contribution is 2.16. The van der Waals surface area contributed by atoms with Gasteiger partial charge in [0, 0.05) is 60.1 Å². The van der Waals surface area contributed by atoms with Crippen LogP contribution >= 0.6 is 24.0 Å². The molecule has 1 aliphatic rings. The molecule has 6 nitrogen and oxygen atoms in total. The van der Waals surface area contributed by atoms with Gasteiger partial charge in [0.05, 0.1) is 6.10 Å². The summed E-state index contributed by atoms with van der Waals surface area (Å²) in [6.07, 6.45) is 3.12. The van der Waals surface area contributed by atoms with Crippen molar-refractivity contribution in [3.63, 3.8) is 0 Å². The summed E-state index contributed by atoms with van der Waals surface area (Å²) in [6, 6.07) is 6.83. The molecule has 1 aromatic rings. The summed E-state index contributed by atoms with van der Waals surface area (Å²) in [5, 5.41) is 6.83. The third kappa shape index (κ3) is 8.59. The fourth-order valence-electron chi connectivity index (χ4n) is 3.33. The van der Waals surface area contributed by atoms with Gasteiger partial charge in [-0.05, 0) is 37.0 Å². The van der Waals surface area contributed by atoms with Crippen LogP contribution in [0.3, 0.4) is 0 Å². The molecule has 2 N–H and O–H groups in total. The van der Waals surface area contributed by atoms with Crippen LogP contribution in [0.5, 0.6) is 0 Å². The van der Waals surface area contributed by atoms with Gasteiger partial charge in [-0.15, -0.1) is 24.0 Å². The van der Waals surface area contributed by atoms with Crippen molar-refractivity contribution in [3.05, 3.63) is 35.6 Å². The van der Waals surface area contributed by atoms with E-state index in [0.717, 1.165) is 57.0 Å². The number of nitrogens with zero attached hydrogens (tertiary/aromatic N) is 2. The maximum absolute atomic E-state index is 13.1. The van der Waals surface area contributed by atoms with Gasteiger partial charge in [0.25, 0.3) is 0 Å². The van der Waals surface area contributed by atoms with Crippen molar-refractivity contribution >= 4 is 29.9 Å². The molecule has 0 saturated carbocycles. The van der Waals surface area contributed by atoms with E-state index in [1.807, 2.05) is 0 Å². The van der Waals surface area contributed by atoms with Gasteiger partial charge in [0.2, 0.25) is 0 Å². The van der Waals surface area contributed by atoms with E-state index in [1.54, 1.807) is 33.4 Å². The standard InChI is InChI=1S/C20H33FN4O2.HI/c1-22-20(23-15-19(27-3)16-5-7-17(21)8-6-16)24-18-9-12-25(13-10-18)11-4-14-26-2;/h5-8,18-19H,4,9-15H2,1-3H3,(H2,22,23,24);1H. The zero-order valence-corrected chi connectivity index (χ0v) is 19.4. The summed E-state index contributed by atoms with van der Waals surface area (Å²) in [5.74, 6) is 0.532. The van der Waals surface area contributed by atoms with Crippen LogP contribution < -0.4 is 10.6 Å². The Bertz CT molecular complexity index is 566. The Balaban J connectivity index is 0.00000392. The lowest BCUT2D eigenvalue weighted by Crippen LogP contribution is -2.49. The molecule has 1 atom stereocenters. The fraction of sp³-hybridized carbons (Fsp3) is 0.650. The second kappa shape index (κ2) is 14.1. The Morgan fingerprint density at radius 1 is 1.25 bits per heavy atom. The minimum absolute atomic E-state index is 0. The highest BCUT2D eigenvalue weighted by molar-refractivity contribution is 14.0. The lowest BCUT2D eigenvalue weighted by Gasteiger charge is -2.33. The first kappa shape index (κ1) is 25.1. The van der Waals surface area contributed by atoms with Crippen molar-refractivity contribution in [1.29, 1.82) is 0 Å². The number of rotatable bonds is 9. The first-order valence-electron chi connectivity index (χ1n) is 9.63. The lowest BCUT2D eigenvalue weighted by atomic mass is 10.1. The normalized spacial score (nSPS) is 17.1. The molecule has 1 saturated heterocycles. The summed E-state index contributed by atoms with van der Waals surface area (Å²) >= 11 is 0. The number of aliphatic imine (C=N–C) groups is 1. The monoisotopic (exact) mass is 508 g/mol. The van der Waals surface area contributed by atoms with Crippen LogP contribution in [0, 0.1) is 5.82 Å². The first-order valence-corrected chi connectivity index (χ1v) is 9.63. The maximum atomic E-state index is 13.1. The van der Waals surface area contributed by atoms with E-state index >= 15 is 0 Å². The van der Waals surface area contributed by atoms with Gasteiger partial charge < -0.3 is 25.0 Å². The number of halogens is 2. The smallest absolute Gasteiger partial charge is 0.191 e. The van der Waals surface area contributed by atoms with Crippen molar-refractivity contribution in [1.82, 2.24) is 15.5 Å². The Hall–Kier alpha value is -0.970. The van der Waals surface area contributed by atoms with Gasteiger partial charge in [-0.2, -0.15) is 0 Å². The number of benzene rings is 1. The van der Waals surface area contributed by atoms with Crippen molar-refractivity contribution in [2.75, 3.05) is 54.1 Å². The number of ether oxygens (including phenoxy) is 2. The van der Waals surface area contributed by atoms with Crippen LogP contribution in [-0.2, 0) is 9.47 Å². The zero-order chi connectivity index (χ0) is 19.5. The number of nitrogens with one attached hydrogen (secondary N) is 2. The first-order chi connectivity index (χ1) is 13.2. The van der Waals surface area contributed by atoms with Crippen molar-refractivity contribution < 1.29 is 13.9 Å². The van der Waals surface area contributed by atoms with E-state index in [1.165, 1.54) is 12.1 Å². The predicted octanol–water partition coefficient (Wildman–Crippen LogP) is 2.80. The number of likely N-dealkylation sites (tertiary alicyclic amines) is 1. The number of guanidine groups is 1. The van der Waals surface area contributed by atoms with E-state index < -0.39 is 0 Å². The quantitative estimate of drug-likeness (QED) is 0.233. The molecule has 1 unspecified atom stereocenters. The van der Waals surface area contributed by atoms with E-state index in [4.69, 9.17) is 9.47 Å². The third-order valence-electron chi connectivity index (χ3n) is 4.96. The summed E-state index contributed by atoms with van der Waals surface area (Å²) in [4.78, 5) is 6.81. The SMILES string of the molecule is CN=C(NCC(OC)c1ccc(F)cc1)NC1CCN(CCCOC)CC1.I. The Kier molecular flexibility index (Phi) is 12.6. The average molecular weight is 508 g/mol. The number of methoxy groups -OCH3 is 2. The molecule has 8 heteroatoms. The van der Waals surface area contributed by atoms with Gasteiger partial charge in [0.1, 0.15) is 5.82 Å². The fourth-order valence-corrected chi connectivity index (χ4v) is 3.33. The van der Waals surface area contributed by atoms with Gasteiger partial charge in [0.15, 0.2) is 5.96 Å². The summed E-state index contributed by atoms with van der Waals surface area (Å²) in [6.45, 7) is 4.67. The molecular weight excluding hydrogens is 474 g/mol. The number of hydrogen-bond donors (Lipinski definition) is 2. The minimum atomic E-state index is -0.243. The molecular formula is C20H34FIN4O2. The molecule has 0 radical (unpaired) electrons. The van der Waals surface area contributed by atoms with Crippen LogP contribution in [0.4, 0.5) is 4.39 Å². The molecule has 0 bridgehead atoms. The molecule has 0 spiro atoms. The molecule has 28 heavy (non-hydrogen) atoms. The van der Waals surface area contributed by atoms with Crippen LogP contribution in [0.1, 0.15) is 30.9 Å².